The van der Waals surface area contributed by atoms with E-state index in [-0.39, 0.29) is 17.4 Å². The van der Waals surface area contributed by atoms with E-state index in [1.807, 2.05) is 0 Å². The third kappa shape index (κ3) is 3.45. The Morgan fingerprint density at radius 2 is 2.11 bits per heavy atom. The van der Waals surface area contributed by atoms with Crippen molar-refractivity contribution in [1.29, 1.82) is 0 Å². The van der Waals surface area contributed by atoms with Crippen LogP contribution in [0.1, 0.15) is 32.6 Å². The number of rotatable bonds is 4. The first-order valence-corrected chi connectivity index (χ1v) is 6.93. The van der Waals surface area contributed by atoms with Crippen molar-refractivity contribution in [2.24, 2.45) is 5.92 Å². The molecule has 2 rings (SSSR count). The average molecular weight is 286 g/mol. The number of hydrogen-bond donors (Lipinski definition) is 3. The second kappa shape index (κ2) is 5.88. The molecule has 2 atom stereocenters. The lowest BCUT2D eigenvalue weighted by molar-refractivity contribution is 0.149. The Morgan fingerprint density at radius 1 is 1.37 bits per heavy atom. The van der Waals surface area contributed by atoms with Crippen LogP contribution in [-0.2, 0) is 0 Å². The number of halogens is 1. The van der Waals surface area contributed by atoms with Crippen molar-refractivity contribution >= 4 is 23.5 Å². The molecule has 0 bridgehead atoms. The molecule has 19 heavy (non-hydrogen) atoms. The number of anilines is 2. The van der Waals surface area contributed by atoms with E-state index in [1.165, 1.54) is 6.42 Å². The highest BCUT2D eigenvalue weighted by molar-refractivity contribution is 6.28. The van der Waals surface area contributed by atoms with Gasteiger partial charge in [0.05, 0.1) is 12.1 Å². The van der Waals surface area contributed by atoms with Crippen molar-refractivity contribution in [3.63, 3.8) is 0 Å². The zero-order chi connectivity index (χ0) is 13.9. The summed E-state index contributed by atoms with van der Waals surface area (Å²) in [6.45, 7) is 2.26. The monoisotopic (exact) mass is 285 g/mol. The molecule has 0 spiro atoms. The Hall–Kier alpha value is -1.14. The molecule has 1 heterocycles. The lowest BCUT2D eigenvalue weighted by Crippen LogP contribution is -2.46. The topological polar surface area (TPSA) is 83.0 Å². The molecule has 6 nitrogen and oxygen atoms in total. The predicted molar refractivity (Wildman–Crippen MR) is 75.5 cm³/mol. The van der Waals surface area contributed by atoms with Gasteiger partial charge in [0.1, 0.15) is 0 Å². The maximum absolute atomic E-state index is 9.73. The van der Waals surface area contributed by atoms with Crippen LogP contribution in [0.2, 0.25) is 5.28 Å². The molecule has 1 aromatic heterocycles. The van der Waals surface area contributed by atoms with Crippen LogP contribution < -0.4 is 10.6 Å². The quantitative estimate of drug-likeness (QED) is 0.784. The molecule has 1 saturated carbocycles. The van der Waals surface area contributed by atoms with Crippen molar-refractivity contribution in [2.45, 2.75) is 38.1 Å². The van der Waals surface area contributed by atoms with Gasteiger partial charge in [0.2, 0.25) is 17.2 Å². The van der Waals surface area contributed by atoms with Crippen LogP contribution in [0.4, 0.5) is 11.9 Å². The summed E-state index contributed by atoms with van der Waals surface area (Å²) in [6, 6.07) is 0. The van der Waals surface area contributed by atoms with Crippen LogP contribution in [0.3, 0.4) is 0 Å². The highest BCUT2D eigenvalue weighted by Gasteiger charge is 2.35. The molecule has 3 N–H and O–H groups in total. The fraction of sp³-hybridized carbons (Fsp3) is 0.750. The van der Waals surface area contributed by atoms with Crippen molar-refractivity contribution in [3.05, 3.63) is 5.28 Å². The van der Waals surface area contributed by atoms with Crippen molar-refractivity contribution in [3.8, 4) is 0 Å². The Morgan fingerprint density at radius 3 is 2.74 bits per heavy atom. The number of aromatic nitrogens is 3. The zero-order valence-electron chi connectivity index (χ0n) is 11.3. The number of aliphatic hydroxyl groups is 1. The van der Waals surface area contributed by atoms with Gasteiger partial charge in [-0.1, -0.05) is 19.8 Å². The molecule has 2 unspecified atom stereocenters. The molecule has 1 fully saturated rings. The summed E-state index contributed by atoms with van der Waals surface area (Å²) in [5.74, 6) is 1.40. The highest BCUT2D eigenvalue weighted by Crippen LogP contribution is 2.34. The second-order valence-electron chi connectivity index (χ2n) is 5.27. The molecular formula is C12H20ClN5O. The first-order valence-electron chi connectivity index (χ1n) is 6.55. The molecule has 0 amide bonds. The van der Waals surface area contributed by atoms with Gasteiger partial charge in [0.25, 0.3) is 0 Å². The van der Waals surface area contributed by atoms with Gasteiger partial charge in [0.15, 0.2) is 0 Å². The minimum atomic E-state index is -0.354. The summed E-state index contributed by atoms with van der Waals surface area (Å²) < 4.78 is 0. The molecule has 0 saturated heterocycles. The first-order chi connectivity index (χ1) is 9.07. The predicted octanol–water partition coefficient (Wildman–Crippen LogP) is 1.92. The van der Waals surface area contributed by atoms with Gasteiger partial charge in [-0.2, -0.15) is 15.0 Å². The van der Waals surface area contributed by atoms with E-state index < -0.39 is 0 Å². The van der Waals surface area contributed by atoms with Crippen LogP contribution >= 0.6 is 11.6 Å². The number of nitrogens with one attached hydrogen (secondary N) is 2. The smallest absolute Gasteiger partial charge is 0.229 e. The maximum atomic E-state index is 9.73. The molecule has 1 aliphatic carbocycles. The minimum absolute atomic E-state index is 0.0650. The van der Waals surface area contributed by atoms with E-state index in [0.717, 1.165) is 19.3 Å². The van der Waals surface area contributed by atoms with Gasteiger partial charge in [-0.25, -0.2) is 0 Å². The van der Waals surface area contributed by atoms with Gasteiger partial charge >= 0.3 is 0 Å². The number of aliphatic hydroxyl groups excluding tert-OH is 1. The first kappa shape index (κ1) is 14.3. The summed E-state index contributed by atoms with van der Waals surface area (Å²) in [7, 11) is 1.72. The van der Waals surface area contributed by atoms with Crippen LogP contribution in [0.5, 0.6) is 0 Å². The number of nitrogens with zero attached hydrogens (tertiary/aromatic N) is 3. The lowest BCUT2D eigenvalue weighted by atomic mass is 9.77. The highest BCUT2D eigenvalue weighted by atomic mass is 35.5. The Kier molecular flexibility index (Phi) is 4.42. The zero-order valence-corrected chi connectivity index (χ0v) is 12.0. The average Bonchev–Trinajstić information content (AvgIpc) is 2.38. The van der Waals surface area contributed by atoms with Crippen molar-refractivity contribution < 1.29 is 5.11 Å². The summed E-state index contributed by atoms with van der Waals surface area (Å²) in [5.41, 5.74) is -0.354. The largest absolute Gasteiger partial charge is 0.394 e. The Bertz CT molecular complexity index is 444. The standard InChI is InChI=1S/C12H20ClN5O/c1-8-4-3-5-12(6-8,7-19)18-11-16-9(13)15-10(14-2)17-11/h8,19H,3-7H2,1-2H3,(H2,14,15,16,17,18). The van der Waals surface area contributed by atoms with Crippen LogP contribution in [0.15, 0.2) is 0 Å². The molecule has 1 aliphatic rings. The van der Waals surface area contributed by atoms with Gasteiger partial charge in [-0.3, -0.25) is 0 Å². The van der Waals surface area contributed by atoms with Crippen LogP contribution in [-0.4, -0.2) is 39.3 Å². The molecule has 0 aromatic carbocycles. The molecule has 106 valence electrons. The van der Waals surface area contributed by atoms with Gasteiger partial charge in [0, 0.05) is 7.05 Å². The normalized spacial score (nSPS) is 27.1. The number of hydrogen-bond acceptors (Lipinski definition) is 6. The SMILES string of the molecule is CNc1nc(Cl)nc(NC2(CO)CCCC(C)C2)n1. The van der Waals surface area contributed by atoms with Gasteiger partial charge < -0.3 is 15.7 Å². The third-order valence-corrected chi connectivity index (χ3v) is 3.77. The van der Waals surface area contributed by atoms with Crippen molar-refractivity contribution in [2.75, 3.05) is 24.3 Å². The minimum Gasteiger partial charge on any atom is -0.394 e. The summed E-state index contributed by atoms with van der Waals surface area (Å²) in [6.07, 6.45) is 4.10. The van der Waals surface area contributed by atoms with Crippen molar-refractivity contribution in [1.82, 2.24) is 15.0 Å². The van der Waals surface area contributed by atoms with E-state index in [4.69, 9.17) is 11.6 Å². The Balaban J connectivity index is 2.20. The summed E-state index contributed by atoms with van der Waals surface area (Å²) >= 11 is 5.86. The lowest BCUT2D eigenvalue weighted by Gasteiger charge is -2.39. The third-order valence-electron chi connectivity index (χ3n) is 3.60. The molecular weight excluding hydrogens is 266 g/mol. The maximum Gasteiger partial charge on any atom is 0.229 e. The molecule has 7 heteroatoms. The molecule has 0 aliphatic heterocycles. The Labute approximate surface area is 118 Å². The van der Waals surface area contributed by atoms with E-state index in [1.54, 1.807) is 7.05 Å². The van der Waals surface area contributed by atoms with E-state index in [9.17, 15) is 5.11 Å². The summed E-state index contributed by atoms with van der Waals surface area (Å²) in [5, 5.41) is 16.0. The fourth-order valence-corrected chi connectivity index (χ4v) is 2.87. The van der Waals surface area contributed by atoms with Gasteiger partial charge in [-0.15, -0.1) is 0 Å². The van der Waals surface area contributed by atoms with Gasteiger partial charge in [-0.05, 0) is 30.4 Å². The van der Waals surface area contributed by atoms with Crippen LogP contribution in [0.25, 0.3) is 0 Å². The van der Waals surface area contributed by atoms with E-state index >= 15 is 0 Å². The fourth-order valence-electron chi connectivity index (χ4n) is 2.71. The van der Waals surface area contributed by atoms with Crippen LogP contribution in [0, 0.1) is 5.92 Å². The van der Waals surface area contributed by atoms with E-state index in [2.05, 4.69) is 32.5 Å². The molecule has 1 aromatic rings. The molecule has 0 radical (unpaired) electrons. The summed E-state index contributed by atoms with van der Waals surface area (Å²) in [4.78, 5) is 12.2. The van der Waals surface area contributed by atoms with E-state index in [0.29, 0.717) is 17.8 Å². The second-order valence-corrected chi connectivity index (χ2v) is 5.60.